The molecule has 0 unspecified atom stereocenters. The Morgan fingerprint density at radius 3 is 2.69 bits per heavy atom. The van der Waals surface area contributed by atoms with E-state index < -0.39 is 0 Å². The van der Waals surface area contributed by atoms with Crippen molar-refractivity contribution < 1.29 is 4.74 Å². The molecule has 0 aliphatic heterocycles. The van der Waals surface area contributed by atoms with Crippen LogP contribution in [-0.4, -0.2) is 51.3 Å². The third kappa shape index (κ3) is 4.60. The Balaban J connectivity index is 2.06. The maximum Gasteiger partial charge on any atom is 0.0589 e. The second-order valence-electron chi connectivity index (χ2n) is 3.72. The van der Waals surface area contributed by atoms with Gasteiger partial charge in [0.25, 0.3) is 0 Å². The first-order valence-electron chi connectivity index (χ1n) is 5.26. The van der Waals surface area contributed by atoms with Gasteiger partial charge in [0.1, 0.15) is 0 Å². The lowest BCUT2D eigenvalue weighted by molar-refractivity contribution is 0.143. The number of rotatable bonds is 8. The fraction of sp³-hybridized carbons (Fsp3) is 1.00. The van der Waals surface area contributed by atoms with E-state index in [1.165, 1.54) is 25.8 Å². The topological polar surface area (TPSA) is 24.5 Å². The van der Waals surface area contributed by atoms with Crippen LogP contribution in [0.25, 0.3) is 0 Å². The second-order valence-corrected chi connectivity index (χ2v) is 3.72. The van der Waals surface area contributed by atoms with E-state index in [-0.39, 0.29) is 0 Å². The highest BCUT2D eigenvalue weighted by atomic mass is 16.5. The summed E-state index contributed by atoms with van der Waals surface area (Å²) < 4.78 is 5.10. The predicted molar refractivity (Wildman–Crippen MR) is 55.0 cm³/mol. The molecule has 78 valence electrons. The first kappa shape index (κ1) is 11.0. The highest BCUT2D eigenvalue weighted by Gasteiger charge is 2.27. The maximum absolute atomic E-state index is 5.10. The van der Waals surface area contributed by atoms with Gasteiger partial charge < -0.3 is 10.1 Å². The minimum absolute atomic E-state index is 0.868. The van der Waals surface area contributed by atoms with Gasteiger partial charge in [0.2, 0.25) is 0 Å². The molecule has 0 heterocycles. The minimum Gasteiger partial charge on any atom is -0.383 e. The number of hydrogen-bond acceptors (Lipinski definition) is 3. The molecule has 1 aliphatic rings. The Bertz CT molecular complexity index is 126. The molecule has 0 aromatic heterocycles. The molecule has 1 rings (SSSR count). The standard InChI is InChI=1S/C10H22N2O/c1-11-6-3-7-12(8-9-13-2)10-4-5-10/h10-11H,3-9H2,1-2H3. The summed E-state index contributed by atoms with van der Waals surface area (Å²) in [7, 11) is 3.79. The van der Waals surface area contributed by atoms with E-state index >= 15 is 0 Å². The third-order valence-electron chi connectivity index (χ3n) is 2.52. The Kier molecular flexibility index (Phi) is 5.35. The Labute approximate surface area is 81.4 Å². The molecule has 1 fully saturated rings. The molecule has 1 aliphatic carbocycles. The molecule has 0 aromatic rings. The summed E-state index contributed by atoms with van der Waals surface area (Å²) in [6.07, 6.45) is 4.03. The van der Waals surface area contributed by atoms with E-state index in [0.717, 1.165) is 25.7 Å². The molecule has 0 atom stereocenters. The molecule has 0 amide bonds. The lowest BCUT2D eigenvalue weighted by Crippen LogP contribution is -2.32. The van der Waals surface area contributed by atoms with Gasteiger partial charge in [-0.2, -0.15) is 0 Å². The number of hydrogen-bond donors (Lipinski definition) is 1. The van der Waals surface area contributed by atoms with Crippen LogP contribution in [0.3, 0.4) is 0 Å². The summed E-state index contributed by atoms with van der Waals surface area (Å²) in [5.74, 6) is 0. The molecule has 0 spiro atoms. The van der Waals surface area contributed by atoms with E-state index in [9.17, 15) is 0 Å². The number of methoxy groups -OCH3 is 1. The molecule has 0 radical (unpaired) electrons. The first-order valence-corrected chi connectivity index (χ1v) is 5.26. The zero-order valence-electron chi connectivity index (χ0n) is 8.88. The van der Waals surface area contributed by atoms with E-state index in [1.54, 1.807) is 7.11 Å². The predicted octanol–water partition coefficient (Wildman–Crippen LogP) is 0.707. The molecular weight excluding hydrogens is 164 g/mol. The molecular formula is C10H22N2O. The van der Waals surface area contributed by atoms with Gasteiger partial charge in [0.05, 0.1) is 6.61 Å². The summed E-state index contributed by atoms with van der Waals surface area (Å²) in [6.45, 7) is 4.31. The molecule has 1 N–H and O–H groups in total. The van der Waals surface area contributed by atoms with Gasteiger partial charge in [0.15, 0.2) is 0 Å². The maximum atomic E-state index is 5.10. The van der Waals surface area contributed by atoms with Crippen LogP contribution in [0.5, 0.6) is 0 Å². The summed E-state index contributed by atoms with van der Waals surface area (Å²) in [5.41, 5.74) is 0. The average molecular weight is 186 g/mol. The smallest absolute Gasteiger partial charge is 0.0589 e. The number of nitrogens with zero attached hydrogens (tertiary/aromatic N) is 1. The molecule has 0 aromatic carbocycles. The van der Waals surface area contributed by atoms with Crippen molar-refractivity contribution in [3.63, 3.8) is 0 Å². The molecule has 1 saturated carbocycles. The third-order valence-corrected chi connectivity index (χ3v) is 2.52. The average Bonchev–Trinajstić information content (AvgIpc) is 2.94. The summed E-state index contributed by atoms with van der Waals surface area (Å²) in [6, 6.07) is 0.868. The van der Waals surface area contributed by atoms with E-state index in [4.69, 9.17) is 4.74 Å². The zero-order valence-corrected chi connectivity index (χ0v) is 8.88. The van der Waals surface area contributed by atoms with Gasteiger partial charge in [-0.1, -0.05) is 0 Å². The van der Waals surface area contributed by atoms with Gasteiger partial charge in [-0.3, -0.25) is 4.90 Å². The minimum atomic E-state index is 0.868. The van der Waals surface area contributed by atoms with Crippen molar-refractivity contribution in [2.75, 3.05) is 40.4 Å². The first-order chi connectivity index (χ1) is 6.38. The van der Waals surface area contributed by atoms with E-state index in [1.807, 2.05) is 7.05 Å². The fourth-order valence-electron chi connectivity index (χ4n) is 1.58. The van der Waals surface area contributed by atoms with Crippen molar-refractivity contribution in [2.45, 2.75) is 25.3 Å². The highest BCUT2D eigenvalue weighted by Crippen LogP contribution is 2.26. The summed E-state index contributed by atoms with van der Waals surface area (Å²) >= 11 is 0. The van der Waals surface area contributed by atoms with Gasteiger partial charge >= 0.3 is 0 Å². The number of nitrogens with one attached hydrogen (secondary N) is 1. The molecule has 0 bridgehead atoms. The lowest BCUT2D eigenvalue weighted by atomic mass is 10.3. The Hall–Kier alpha value is -0.120. The van der Waals surface area contributed by atoms with Gasteiger partial charge in [-0.15, -0.1) is 0 Å². The van der Waals surface area contributed by atoms with Crippen LogP contribution in [0, 0.1) is 0 Å². The van der Waals surface area contributed by atoms with Crippen LogP contribution in [0.2, 0.25) is 0 Å². The Morgan fingerprint density at radius 1 is 1.38 bits per heavy atom. The lowest BCUT2D eigenvalue weighted by Gasteiger charge is -2.21. The van der Waals surface area contributed by atoms with Crippen LogP contribution in [0.4, 0.5) is 0 Å². The summed E-state index contributed by atoms with van der Waals surface area (Å²) in [5, 5.41) is 3.18. The molecule has 13 heavy (non-hydrogen) atoms. The van der Waals surface area contributed by atoms with Crippen molar-refractivity contribution in [2.24, 2.45) is 0 Å². The molecule has 3 nitrogen and oxygen atoms in total. The molecule has 3 heteroatoms. The van der Waals surface area contributed by atoms with Crippen LogP contribution in [0.1, 0.15) is 19.3 Å². The van der Waals surface area contributed by atoms with Crippen molar-refractivity contribution in [3.05, 3.63) is 0 Å². The van der Waals surface area contributed by atoms with Crippen LogP contribution >= 0.6 is 0 Å². The molecule has 0 saturated heterocycles. The normalized spacial score (nSPS) is 16.8. The monoisotopic (exact) mass is 186 g/mol. The highest BCUT2D eigenvalue weighted by molar-refractivity contribution is 4.84. The fourth-order valence-corrected chi connectivity index (χ4v) is 1.58. The quantitative estimate of drug-likeness (QED) is 0.565. The van der Waals surface area contributed by atoms with Crippen LogP contribution in [0.15, 0.2) is 0 Å². The van der Waals surface area contributed by atoms with Crippen molar-refractivity contribution in [1.82, 2.24) is 10.2 Å². The Morgan fingerprint density at radius 2 is 2.15 bits per heavy atom. The SMILES string of the molecule is CNCCCN(CCOC)C1CC1. The summed E-state index contributed by atoms with van der Waals surface area (Å²) in [4.78, 5) is 2.56. The van der Waals surface area contributed by atoms with Crippen LogP contribution < -0.4 is 5.32 Å². The van der Waals surface area contributed by atoms with Crippen molar-refractivity contribution in [1.29, 1.82) is 0 Å². The van der Waals surface area contributed by atoms with E-state index in [0.29, 0.717) is 0 Å². The van der Waals surface area contributed by atoms with Crippen molar-refractivity contribution >= 4 is 0 Å². The van der Waals surface area contributed by atoms with Gasteiger partial charge in [0, 0.05) is 19.7 Å². The van der Waals surface area contributed by atoms with Gasteiger partial charge in [-0.25, -0.2) is 0 Å². The largest absolute Gasteiger partial charge is 0.383 e. The second kappa shape index (κ2) is 6.35. The van der Waals surface area contributed by atoms with Gasteiger partial charge in [-0.05, 0) is 39.4 Å². The van der Waals surface area contributed by atoms with Crippen molar-refractivity contribution in [3.8, 4) is 0 Å². The number of ether oxygens (including phenoxy) is 1. The zero-order chi connectivity index (χ0) is 9.52. The van der Waals surface area contributed by atoms with E-state index in [2.05, 4.69) is 10.2 Å². The van der Waals surface area contributed by atoms with Crippen LogP contribution in [-0.2, 0) is 4.74 Å².